The zero-order valence-electron chi connectivity index (χ0n) is 9.62. The highest BCUT2D eigenvalue weighted by atomic mass is 16.5. The Bertz CT molecular complexity index is 231. The maximum atomic E-state index is 11.8. The highest BCUT2D eigenvalue weighted by Gasteiger charge is 2.31. The van der Waals surface area contributed by atoms with Gasteiger partial charge in [-0.3, -0.25) is 9.59 Å². The van der Waals surface area contributed by atoms with Crippen LogP contribution in [0.4, 0.5) is 0 Å². The fraction of sp³-hybridized carbons (Fsp3) is 0.833. The maximum absolute atomic E-state index is 11.8. The molecule has 3 nitrogen and oxygen atoms in total. The quantitative estimate of drug-likeness (QED) is 0.501. The molecule has 1 aliphatic rings. The molecule has 0 aromatic heterocycles. The molecular formula is C12H20O3. The van der Waals surface area contributed by atoms with Crippen molar-refractivity contribution < 1.29 is 14.3 Å². The molecule has 15 heavy (non-hydrogen) atoms. The van der Waals surface area contributed by atoms with Crippen molar-refractivity contribution >= 4 is 11.8 Å². The summed E-state index contributed by atoms with van der Waals surface area (Å²) in [5.74, 6) is 0.306. The van der Waals surface area contributed by atoms with Gasteiger partial charge in [-0.2, -0.15) is 0 Å². The molecule has 86 valence electrons. The van der Waals surface area contributed by atoms with Crippen molar-refractivity contribution in [3.63, 3.8) is 0 Å². The van der Waals surface area contributed by atoms with Gasteiger partial charge >= 0.3 is 5.97 Å². The third-order valence-corrected chi connectivity index (χ3v) is 3.20. The summed E-state index contributed by atoms with van der Waals surface area (Å²) in [6, 6.07) is 0. The summed E-state index contributed by atoms with van der Waals surface area (Å²) in [7, 11) is 0. The Labute approximate surface area is 91.2 Å². The first kappa shape index (κ1) is 12.2. The number of ether oxygens (including phenoxy) is 1. The Kier molecular flexibility index (Phi) is 4.79. The van der Waals surface area contributed by atoms with Gasteiger partial charge in [-0.05, 0) is 32.1 Å². The van der Waals surface area contributed by atoms with Crippen LogP contribution in [-0.4, -0.2) is 18.4 Å². The third kappa shape index (κ3) is 3.33. The molecule has 0 saturated heterocycles. The van der Waals surface area contributed by atoms with E-state index in [4.69, 9.17) is 4.74 Å². The van der Waals surface area contributed by atoms with Crippen LogP contribution in [0.1, 0.15) is 46.0 Å². The summed E-state index contributed by atoms with van der Waals surface area (Å²) >= 11 is 0. The number of ketones is 1. The largest absolute Gasteiger partial charge is 0.466 e. The van der Waals surface area contributed by atoms with E-state index in [1.807, 2.05) is 6.92 Å². The minimum Gasteiger partial charge on any atom is -0.466 e. The molecule has 1 aliphatic carbocycles. The van der Waals surface area contributed by atoms with Crippen LogP contribution in [0.5, 0.6) is 0 Å². The van der Waals surface area contributed by atoms with Gasteiger partial charge in [0.05, 0.1) is 6.61 Å². The molecule has 3 heteroatoms. The molecule has 1 rings (SSSR count). The van der Waals surface area contributed by atoms with E-state index >= 15 is 0 Å². The van der Waals surface area contributed by atoms with Gasteiger partial charge in [-0.15, -0.1) is 0 Å². The van der Waals surface area contributed by atoms with E-state index in [2.05, 4.69) is 0 Å². The van der Waals surface area contributed by atoms with Gasteiger partial charge < -0.3 is 4.74 Å². The lowest BCUT2D eigenvalue weighted by molar-refractivity contribution is -0.147. The normalized spacial score (nSPS) is 18.0. The molecule has 1 atom stereocenters. The number of Topliss-reactive ketones (excluding diaryl/α,β-unsaturated/α-hetero) is 1. The number of rotatable bonds is 6. The molecule has 0 bridgehead atoms. The van der Waals surface area contributed by atoms with E-state index in [0.29, 0.717) is 12.5 Å². The standard InChI is InChI=1S/C12H20O3/c1-3-10(9-6-5-7-9)11(13)8-12(14)15-4-2/h9-10H,3-8H2,1-2H3. The second-order valence-electron chi connectivity index (χ2n) is 4.15. The van der Waals surface area contributed by atoms with Gasteiger partial charge in [0, 0.05) is 5.92 Å². The van der Waals surface area contributed by atoms with Crippen LogP contribution < -0.4 is 0 Å². The minimum atomic E-state index is -0.375. The van der Waals surface area contributed by atoms with Crippen LogP contribution in [0.15, 0.2) is 0 Å². The van der Waals surface area contributed by atoms with Crippen LogP contribution in [0, 0.1) is 11.8 Å². The molecule has 1 fully saturated rings. The van der Waals surface area contributed by atoms with Crippen LogP contribution in [0.25, 0.3) is 0 Å². The highest BCUT2D eigenvalue weighted by Crippen LogP contribution is 2.36. The predicted molar refractivity (Wildman–Crippen MR) is 57.4 cm³/mol. The van der Waals surface area contributed by atoms with Gasteiger partial charge in [0.15, 0.2) is 0 Å². The zero-order valence-corrected chi connectivity index (χ0v) is 9.62. The van der Waals surface area contributed by atoms with E-state index in [1.165, 1.54) is 6.42 Å². The summed E-state index contributed by atoms with van der Waals surface area (Å²) in [6.45, 7) is 4.13. The maximum Gasteiger partial charge on any atom is 0.313 e. The average Bonchev–Trinajstić information content (AvgIpc) is 2.10. The second kappa shape index (κ2) is 5.89. The molecule has 0 radical (unpaired) electrons. The van der Waals surface area contributed by atoms with Crippen LogP contribution in [-0.2, 0) is 14.3 Å². The van der Waals surface area contributed by atoms with Crippen molar-refractivity contribution in [3.05, 3.63) is 0 Å². The van der Waals surface area contributed by atoms with Crippen molar-refractivity contribution in [3.8, 4) is 0 Å². The molecule has 1 saturated carbocycles. The summed E-state index contributed by atoms with van der Waals surface area (Å²) < 4.78 is 4.78. The smallest absolute Gasteiger partial charge is 0.313 e. The van der Waals surface area contributed by atoms with Gasteiger partial charge in [0.1, 0.15) is 12.2 Å². The molecule has 0 aliphatic heterocycles. The molecular weight excluding hydrogens is 192 g/mol. The van der Waals surface area contributed by atoms with Crippen LogP contribution in [0.2, 0.25) is 0 Å². The van der Waals surface area contributed by atoms with Crippen LogP contribution in [0.3, 0.4) is 0 Å². The van der Waals surface area contributed by atoms with E-state index < -0.39 is 0 Å². The third-order valence-electron chi connectivity index (χ3n) is 3.20. The Hall–Kier alpha value is -0.860. The summed E-state index contributed by atoms with van der Waals surface area (Å²) in [4.78, 5) is 23.0. The van der Waals surface area contributed by atoms with E-state index in [1.54, 1.807) is 6.92 Å². The van der Waals surface area contributed by atoms with Crippen molar-refractivity contribution in [2.24, 2.45) is 11.8 Å². The van der Waals surface area contributed by atoms with Gasteiger partial charge in [0.2, 0.25) is 0 Å². The van der Waals surface area contributed by atoms with Gasteiger partial charge in [0.25, 0.3) is 0 Å². The van der Waals surface area contributed by atoms with Crippen molar-refractivity contribution in [2.45, 2.75) is 46.0 Å². The number of esters is 1. The lowest BCUT2D eigenvalue weighted by atomic mass is 9.72. The Balaban J connectivity index is 2.38. The molecule has 0 heterocycles. The first-order chi connectivity index (χ1) is 7.19. The zero-order chi connectivity index (χ0) is 11.3. The SMILES string of the molecule is CCOC(=O)CC(=O)C(CC)C1CCC1. The highest BCUT2D eigenvalue weighted by molar-refractivity contribution is 5.96. The Morgan fingerprint density at radius 3 is 2.40 bits per heavy atom. The Morgan fingerprint density at radius 1 is 1.33 bits per heavy atom. The summed E-state index contributed by atoms with van der Waals surface area (Å²) in [6.07, 6.45) is 4.33. The second-order valence-corrected chi connectivity index (χ2v) is 4.15. The predicted octanol–water partition coefficient (Wildman–Crippen LogP) is 2.33. The lowest BCUT2D eigenvalue weighted by Crippen LogP contribution is -2.30. The molecule has 0 N–H and O–H groups in total. The van der Waals surface area contributed by atoms with Gasteiger partial charge in [-0.1, -0.05) is 13.3 Å². The molecule has 0 aromatic carbocycles. The lowest BCUT2D eigenvalue weighted by Gasteiger charge is -2.32. The van der Waals surface area contributed by atoms with E-state index in [-0.39, 0.29) is 24.1 Å². The first-order valence-electron chi connectivity index (χ1n) is 5.87. The number of hydrogen-bond acceptors (Lipinski definition) is 3. The minimum absolute atomic E-state index is 0.0388. The molecule has 0 aromatic rings. The molecule has 1 unspecified atom stereocenters. The summed E-state index contributed by atoms with van der Waals surface area (Å²) in [5.41, 5.74) is 0. The number of carbonyl (C=O) groups is 2. The van der Waals surface area contributed by atoms with E-state index in [9.17, 15) is 9.59 Å². The molecule has 0 spiro atoms. The number of carbonyl (C=O) groups excluding carboxylic acids is 2. The number of hydrogen-bond donors (Lipinski definition) is 0. The topological polar surface area (TPSA) is 43.4 Å². The fourth-order valence-electron chi connectivity index (χ4n) is 2.15. The molecule has 0 amide bonds. The van der Waals surface area contributed by atoms with Crippen molar-refractivity contribution in [1.82, 2.24) is 0 Å². The van der Waals surface area contributed by atoms with E-state index in [0.717, 1.165) is 19.3 Å². The Morgan fingerprint density at radius 2 is 2.00 bits per heavy atom. The average molecular weight is 212 g/mol. The van der Waals surface area contributed by atoms with Gasteiger partial charge in [-0.25, -0.2) is 0 Å². The fourth-order valence-corrected chi connectivity index (χ4v) is 2.15. The van der Waals surface area contributed by atoms with Crippen molar-refractivity contribution in [2.75, 3.05) is 6.61 Å². The van der Waals surface area contributed by atoms with Crippen LogP contribution >= 0.6 is 0 Å². The summed E-state index contributed by atoms with van der Waals surface area (Å²) in [5, 5.41) is 0. The monoisotopic (exact) mass is 212 g/mol. The van der Waals surface area contributed by atoms with Crippen molar-refractivity contribution in [1.29, 1.82) is 0 Å². The first-order valence-corrected chi connectivity index (χ1v) is 5.87.